The number of rotatable bonds is 11. The van der Waals surface area contributed by atoms with Gasteiger partial charge in [0, 0.05) is 49.6 Å². The standard InChI is InChI=1S/C52H42N8Si2/c1-61(49(41-33-53-23-27-57-41)45(37-15-7-3-8-16-37)46(38-17-9-4-10-18-38)50(61)42-34-54-24-28-58-42)31-32-62(2)51(43-35-55-25-29-59-43)47(39-19-11-5-12-20-39)48(40-21-13-6-14-22-40)52(62)44-36-56-26-30-60-44/h3-30,33-36H,31-32H2,1-2H3. The predicted octanol–water partition coefficient (Wildman–Crippen LogP) is 10.9. The van der Waals surface area contributed by atoms with E-state index < -0.39 is 16.1 Å². The van der Waals surface area contributed by atoms with E-state index in [1.54, 1.807) is 24.8 Å². The van der Waals surface area contributed by atoms with Crippen molar-refractivity contribution in [2.24, 2.45) is 0 Å². The molecule has 0 N–H and O–H groups in total. The zero-order valence-electron chi connectivity index (χ0n) is 34.5. The maximum atomic E-state index is 5.12. The maximum absolute atomic E-state index is 5.12. The maximum Gasteiger partial charge on any atom is 0.122 e. The summed E-state index contributed by atoms with van der Waals surface area (Å²) in [6.07, 6.45) is 22.1. The molecule has 0 amide bonds. The first kappa shape index (κ1) is 38.8. The summed E-state index contributed by atoms with van der Waals surface area (Å²) in [6, 6.07) is 44.8. The van der Waals surface area contributed by atoms with E-state index in [-0.39, 0.29) is 0 Å². The van der Waals surface area contributed by atoms with E-state index >= 15 is 0 Å². The highest BCUT2D eigenvalue weighted by Crippen LogP contribution is 2.60. The van der Waals surface area contributed by atoms with Gasteiger partial charge in [-0.1, -0.05) is 147 Å². The Balaban J connectivity index is 1.29. The van der Waals surface area contributed by atoms with Gasteiger partial charge >= 0.3 is 0 Å². The second-order valence-electron chi connectivity index (χ2n) is 16.0. The highest BCUT2D eigenvalue weighted by molar-refractivity contribution is 7.17. The largest absolute Gasteiger partial charge is 0.261 e. The molecule has 0 radical (unpaired) electrons. The van der Waals surface area contributed by atoms with Gasteiger partial charge in [-0.15, -0.1) is 0 Å². The SMILES string of the molecule is C[Si]1(CC[Si]2(C)C(c3cnccn3)=C(c3ccccc3)C(c3ccccc3)=C2c2cnccn2)C(c2cnccn2)=C(c2ccccc2)C(c2ccccc2)=C1c1cnccn1. The summed E-state index contributed by atoms with van der Waals surface area (Å²) in [5.41, 5.74) is 12.8. The first-order chi connectivity index (χ1) is 30.6. The van der Waals surface area contributed by atoms with Gasteiger partial charge in [-0.3, -0.25) is 39.9 Å². The van der Waals surface area contributed by atoms with E-state index in [4.69, 9.17) is 39.9 Å². The fourth-order valence-corrected chi connectivity index (χ4v) is 21.3. The van der Waals surface area contributed by atoms with Crippen molar-refractivity contribution in [1.29, 1.82) is 0 Å². The number of nitrogens with zero attached hydrogens (tertiary/aromatic N) is 8. The third-order valence-corrected chi connectivity index (χ3v) is 21.8. The second-order valence-corrected chi connectivity index (χ2v) is 24.3. The van der Waals surface area contributed by atoms with Crippen LogP contribution in [0.4, 0.5) is 0 Å². The van der Waals surface area contributed by atoms with Crippen LogP contribution in [-0.4, -0.2) is 56.0 Å². The molecule has 0 atom stereocenters. The molecule has 2 aliphatic rings. The Morgan fingerprint density at radius 2 is 0.532 bits per heavy atom. The third-order valence-electron chi connectivity index (χ3n) is 12.4. The van der Waals surface area contributed by atoms with Gasteiger partial charge in [0.1, 0.15) is 16.1 Å². The van der Waals surface area contributed by atoms with Crippen molar-refractivity contribution in [3.63, 3.8) is 0 Å². The molecule has 298 valence electrons. The molecule has 10 heteroatoms. The van der Waals surface area contributed by atoms with Crippen LogP contribution in [0.5, 0.6) is 0 Å². The number of benzene rings is 4. The van der Waals surface area contributed by atoms with Gasteiger partial charge in [-0.25, -0.2) is 0 Å². The lowest BCUT2D eigenvalue weighted by atomic mass is 9.90. The molecule has 0 bridgehead atoms. The summed E-state index contributed by atoms with van der Waals surface area (Å²) in [5.74, 6) is 0. The van der Waals surface area contributed by atoms with Crippen LogP contribution in [0.15, 0.2) is 196 Å². The number of aromatic nitrogens is 8. The Morgan fingerprint density at radius 1 is 0.306 bits per heavy atom. The summed E-state index contributed by atoms with van der Waals surface area (Å²) in [4.78, 5) is 39.3. The first-order valence-electron chi connectivity index (χ1n) is 20.8. The molecule has 0 aliphatic carbocycles. The molecule has 8 aromatic rings. The van der Waals surface area contributed by atoms with Crippen molar-refractivity contribution in [3.05, 3.63) is 241 Å². The normalized spacial score (nSPS) is 15.7. The average molecular weight is 835 g/mol. The van der Waals surface area contributed by atoms with Gasteiger partial charge in [-0.05, 0) is 65.3 Å². The summed E-state index contributed by atoms with van der Waals surface area (Å²) >= 11 is 0. The molecule has 6 heterocycles. The summed E-state index contributed by atoms with van der Waals surface area (Å²) in [5, 5.41) is 4.98. The molecule has 10 rings (SSSR count). The minimum atomic E-state index is -2.92. The van der Waals surface area contributed by atoms with Crippen molar-refractivity contribution >= 4 is 59.2 Å². The van der Waals surface area contributed by atoms with Crippen LogP contribution in [-0.2, 0) is 0 Å². The molecule has 4 aromatic heterocycles. The Bertz CT molecular complexity index is 2580. The second kappa shape index (κ2) is 16.6. The van der Waals surface area contributed by atoms with E-state index in [1.807, 2.05) is 49.6 Å². The van der Waals surface area contributed by atoms with Gasteiger partial charge < -0.3 is 0 Å². The van der Waals surface area contributed by atoms with E-state index in [0.29, 0.717) is 0 Å². The number of hydrogen-bond acceptors (Lipinski definition) is 8. The number of hydrogen-bond donors (Lipinski definition) is 0. The molecule has 4 aromatic carbocycles. The van der Waals surface area contributed by atoms with Crippen LogP contribution >= 0.6 is 0 Å². The van der Waals surface area contributed by atoms with E-state index in [9.17, 15) is 0 Å². The summed E-state index contributed by atoms with van der Waals surface area (Å²) in [6.45, 7) is 5.03. The molecule has 62 heavy (non-hydrogen) atoms. The zero-order valence-corrected chi connectivity index (χ0v) is 36.5. The molecule has 0 saturated heterocycles. The molecule has 0 saturated carbocycles. The monoisotopic (exact) mass is 834 g/mol. The van der Waals surface area contributed by atoms with Crippen LogP contribution in [0, 0.1) is 0 Å². The van der Waals surface area contributed by atoms with Crippen molar-refractivity contribution in [1.82, 2.24) is 39.9 Å². The van der Waals surface area contributed by atoms with Crippen molar-refractivity contribution in [3.8, 4) is 0 Å². The lowest BCUT2D eigenvalue weighted by Crippen LogP contribution is -2.40. The fourth-order valence-electron chi connectivity index (χ4n) is 9.78. The minimum Gasteiger partial charge on any atom is -0.261 e. The van der Waals surface area contributed by atoms with Crippen LogP contribution < -0.4 is 0 Å². The van der Waals surface area contributed by atoms with Gasteiger partial charge in [0.15, 0.2) is 0 Å². The predicted molar refractivity (Wildman–Crippen MR) is 254 cm³/mol. The minimum absolute atomic E-state index is 0.859. The summed E-state index contributed by atoms with van der Waals surface area (Å²) < 4.78 is 0. The van der Waals surface area contributed by atoms with Crippen molar-refractivity contribution < 1.29 is 0 Å². The van der Waals surface area contributed by atoms with E-state index in [0.717, 1.165) is 57.1 Å². The van der Waals surface area contributed by atoms with Crippen molar-refractivity contribution in [2.75, 3.05) is 0 Å². The van der Waals surface area contributed by atoms with Crippen molar-refractivity contribution in [2.45, 2.75) is 25.2 Å². The molecule has 0 unspecified atom stereocenters. The lowest BCUT2D eigenvalue weighted by molar-refractivity contribution is 1.16. The number of allylic oxidation sites excluding steroid dienone is 4. The van der Waals surface area contributed by atoms with Crippen LogP contribution in [0.3, 0.4) is 0 Å². The Labute approximate surface area is 363 Å². The molecule has 0 fully saturated rings. The van der Waals surface area contributed by atoms with Gasteiger partial charge in [-0.2, -0.15) is 0 Å². The zero-order chi connectivity index (χ0) is 41.9. The molecule has 0 spiro atoms. The average Bonchev–Trinajstić information content (AvgIpc) is 3.79. The lowest BCUT2D eigenvalue weighted by Gasteiger charge is -2.35. The Hall–Kier alpha value is -7.41. The molecular weight excluding hydrogens is 793 g/mol. The van der Waals surface area contributed by atoms with E-state index in [1.165, 1.54) is 43.1 Å². The molecule has 8 nitrogen and oxygen atoms in total. The highest BCUT2D eigenvalue weighted by Gasteiger charge is 2.53. The molecular formula is C52H42N8Si2. The molecule has 2 aliphatic heterocycles. The quantitative estimate of drug-likeness (QED) is 0.119. The Morgan fingerprint density at radius 3 is 0.726 bits per heavy atom. The van der Waals surface area contributed by atoms with Gasteiger partial charge in [0.05, 0.1) is 47.6 Å². The first-order valence-corrected chi connectivity index (χ1v) is 26.2. The van der Waals surface area contributed by atoms with Gasteiger partial charge in [0.25, 0.3) is 0 Å². The van der Waals surface area contributed by atoms with Crippen LogP contribution in [0.1, 0.15) is 45.0 Å². The van der Waals surface area contributed by atoms with Crippen LogP contribution in [0.25, 0.3) is 43.1 Å². The smallest absolute Gasteiger partial charge is 0.122 e. The third kappa shape index (κ3) is 6.79. The highest BCUT2D eigenvalue weighted by atomic mass is 28.3. The fraction of sp³-hybridized carbons (Fsp3) is 0.0769. The van der Waals surface area contributed by atoms with Crippen LogP contribution in [0.2, 0.25) is 25.2 Å². The Kier molecular flexibility index (Phi) is 10.4. The van der Waals surface area contributed by atoms with E-state index in [2.05, 4.69) is 134 Å². The summed E-state index contributed by atoms with van der Waals surface area (Å²) in [7, 11) is -5.85. The van der Waals surface area contributed by atoms with Gasteiger partial charge in [0.2, 0.25) is 0 Å². The topological polar surface area (TPSA) is 103 Å².